The first kappa shape index (κ1) is 16.9. The Labute approximate surface area is 140 Å². The molecule has 0 amide bonds. The van der Waals surface area contributed by atoms with Gasteiger partial charge in [-0.3, -0.25) is 4.79 Å². The monoisotopic (exact) mass is 339 g/mol. The Balaban J connectivity index is 2.03. The highest BCUT2D eigenvalue weighted by atomic mass is 35.5. The maximum absolute atomic E-state index is 12.1. The maximum Gasteiger partial charge on any atom is 0.254 e. The number of hydrogen-bond acceptors (Lipinski definition) is 2. The molecule has 2 rings (SSSR count). The number of halogens is 2. The molecule has 1 aromatic carbocycles. The number of pyridine rings is 1. The lowest BCUT2D eigenvalue weighted by Gasteiger charge is -2.09. The molecule has 0 saturated heterocycles. The summed E-state index contributed by atoms with van der Waals surface area (Å²) in [6.07, 6.45) is 5.02. The van der Waals surface area contributed by atoms with Gasteiger partial charge in [0, 0.05) is 12.3 Å². The smallest absolute Gasteiger partial charge is 0.254 e. The molecule has 22 heavy (non-hydrogen) atoms. The second-order valence-corrected chi connectivity index (χ2v) is 5.95. The van der Waals surface area contributed by atoms with Gasteiger partial charge in [-0.15, -0.1) is 0 Å². The van der Waals surface area contributed by atoms with Crippen LogP contribution >= 0.6 is 23.2 Å². The van der Waals surface area contributed by atoms with E-state index in [1.54, 1.807) is 22.9 Å². The number of benzene rings is 1. The summed E-state index contributed by atoms with van der Waals surface area (Å²) in [5.74, 6) is 0.617. The summed E-state index contributed by atoms with van der Waals surface area (Å²) in [5, 5.41) is 0.997. The lowest BCUT2D eigenvalue weighted by Crippen LogP contribution is -2.19. The van der Waals surface area contributed by atoms with Crippen LogP contribution in [0.5, 0.6) is 5.75 Å². The van der Waals surface area contributed by atoms with Gasteiger partial charge in [0.2, 0.25) is 0 Å². The Morgan fingerprint density at radius 1 is 1.09 bits per heavy atom. The van der Waals surface area contributed by atoms with Crippen molar-refractivity contribution in [1.29, 1.82) is 0 Å². The van der Waals surface area contributed by atoms with Crippen LogP contribution in [0.4, 0.5) is 0 Å². The van der Waals surface area contributed by atoms with E-state index in [4.69, 9.17) is 27.9 Å². The third-order valence-electron chi connectivity index (χ3n) is 3.32. The molecule has 1 heterocycles. The zero-order valence-electron chi connectivity index (χ0n) is 12.5. The summed E-state index contributed by atoms with van der Waals surface area (Å²) < 4.78 is 7.19. The highest BCUT2D eigenvalue weighted by molar-refractivity contribution is 6.42. The van der Waals surface area contributed by atoms with Crippen molar-refractivity contribution in [1.82, 2.24) is 4.57 Å². The molecule has 0 N–H and O–H groups in total. The third-order valence-corrected chi connectivity index (χ3v) is 4.06. The predicted octanol–water partition coefficient (Wildman–Crippen LogP) is 4.77. The Morgan fingerprint density at radius 3 is 2.59 bits per heavy atom. The van der Waals surface area contributed by atoms with Crippen molar-refractivity contribution in [2.75, 3.05) is 6.61 Å². The molecule has 0 aliphatic heterocycles. The standard InChI is InChI=1S/C17H19Cl2NO2/c1-2-3-4-9-22-14-7-8-20(17(21)11-14)12-13-5-6-15(18)16(19)10-13/h5-8,10-11H,2-4,9,12H2,1H3. The van der Waals surface area contributed by atoms with E-state index in [1.807, 2.05) is 12.1 Å². The van der Waals surface area contributed by atoms with Crippen molar-refractivity contribution in [3.8, 4) is 5.75 Å². The molecule has 3 nitrogen and oxygen atoms in total. The second-order valence-electron chi connectivity index (χ2n) is 5.13. The summed E-state index contributed by atoms with van der Waals surface area (Å²) >= 11 is 11.9. The SMILES string of the molecule is CCCCCOc1ccn(Cc2ccc(Cl)c(Cl)c2)c(=O)c1. The molecular formula is C17H19Cl2NO2. The molecule has 5 heteroatoms. The molecule has 0 radical (unpaired) electrons. The number of unbranched alkanes of at least 4 members (excludes halogenated alkanes) is 2. The zero-order valence-corrected chi connectivity index (χ0v) is 14.0. The molecule has 0 aliphatic carbocycles. The first-order valence-corrected chi connectivity index (χ1v) is 8.13. The van der Waals surface area contributed by atoms with Gasteiger partial charge < -0.3 is 9.30 Å². The van der Waals surface area contributed by atoms with Gasteiger partial charge in [-0.25, -0.2) is 0 Å². The van der Waals surface area contributed by atoms with Crippen molar-refractivity contribution in [2.45, 2.75) is 32.7 Å². The van der Waals surface area contributed by atoms with Crippen molar-refractivity contribution in [2.24, 2.45) is 0 Å². The van der Waals surface area contributed by atoms with Crippen molar-refractivity contribution in [3.05, 3.63) is 62.5 Å². The number of ether oxygens (including phenoxy) is 1. The van der Waals surface area contributed by atoms with E-state index in [1.165, 1.54) is 6.07 Å². The molecule has 0 spiro atoms. The van der Waals surface area contributed by atoms with Crippen LogP contribution in [0.15, 0.2) is 41.3 Å². The van der Waals surface area contributed by atoms with E-state index in [0.29, 0.717) is 28.9 Å². The van der Waals surface area contributed by atoms with Crippen molar-refractivity contribution < 1.29 is 4.74 Å². The van der Waals surface area contributed by atoms with E-state index >= 15 is 0 Å². The van der Waals surface area contributed by atoms with Crippen LogP contribution in [0.25, 0.3) is 0 Å². The number of rotatable bonds is 7. The Morgan fingerprint density at radius 2 is 1.91 bits per heavy atom. The number of hydrogen-bond donors (Lipinski definition) is 0. The molecule has 2 aromatic rings. The molecule has 1 aromatic heterocycles. The normalized spacial score (nSPS) is 10.7. The van der Waals surface area contributed by atoms with Crippen molar-refractivity contribution >= 4 is 23.2 Å². The van der Waals surface area contributed by atoms with Crippen LogP contribution in [0.2, 0.25) is 10.0 Å². The Bertz CT molecular complexity index is 683. The minimum absolute atomic E-state index is 0.0981. The summed E-state index contributed by atoms with van der Waals surface area (Å²) in [6, 6.07) is 8.69. The van der Waals surface area contributed by atoms with Gasteiger partial charge >= 0.3 is 0 Å². The third kappa shape index (κ3) is 4.79. The minimum atomic E-state index is -0.0981. The van der Waals surface area contributed by atoms with E-state index in [9.17, 15) is 4.79 Å². The summed E-state index contributed by atoms with van der Waals surface area (Å²) in [7, 11) is 0. The number of nitrogens with zero attached hydrogens (tertiary/aromatic N) is 1. The topological polar surface area (TPSA) is 31.2 Å². The molecule has 0 saturated carbocycles. The van der Waals surface area contributed by atoms with Crippen LogP contribution in [0, 0.1) is 0 Å². The molecule has 0 aliphatic rings. The molecule has 0 bridgehead atoms. The molecular weight excluding hydrogens is 321 g/mol. The van der Waals surface area contributed by atoms with Gasteiger partial charge in [0.25, 0.3) is 5.56 Å². The lowest BCUT2D eigenvalue weighted by molar-refractivity contribution is 0.305. The minimum Gasteiger partial charge on any atom is -0.493 e. The zero-order chi connectivity index (χ0) is 15.9. The van der Waals surface area contributed by atoms with Gasteiger partial charge in [0.1, 0.15) is 5.75 Å². The van der Waals surface area contributed by atoms with Crippen LogP contribution in [0.3, 0.4) is 0 Å². The van der Waals surface area contributed by atoms with Gasteiger partial charge in [-0.05, 0) is 30.2 Å². The van der Waals surface area contributed by atoms with Gasteiger partial charge in [0.15, 0.2) is 0 Å². The molecule has 118 valence electrons. The van der Waals surface area contributed by atoms with Crippen LogP contribution in [0.1, 0.15) is 31.7 Å². The average Bonchev–Trinajstić information content (AvgIpc) is 2.50. The maximum atomic E-state index is 12.1. The average molecular weight is 340 g/mol. The molecule has 0 atom stereocenters. The van der Waals surface area contributed by atoms with E-state index < -0.39 is 0 Å². The molecule has 0 unspecified atom stereocenters. The van der Waals surface area contributed by atoms with E-state index in [0.717, 1.165) is 24.8 Å². The Hall–Kier alpha value is -1.45. The fourth-order valence-electron chi connectivity index (χ4n) is 2.09. The van der Waals surface area contributed by atoms with Crippen LogP contribution in [-0.4, -0.2) is 11.2 Å². The van der Waals surface area contributed by atoms with Gasteiger partial charge in [0.05, 0.1) is 23.2 Å². The van der Waals surface area contributed by atoms with E-state index in [2.05, 4.69) is 6.92 Å². The first-order chi connectivity index (χ1) is 10.6. The Kier molecular flexibility index (Phi) is 6.34. The lowest BCUT2D eigenvalue weighted by atomic mass is 10.2. The summed E-state index contributed by atoms with van der Waals surface area (Å²) in [4.78, 5) is 12.1. The largest absolute Gasteiger partial charge is 0.493 e. The summed E-state index contributed by atoms with van der Waals surface area (Å²) in [6.45, 7) is 3.24. The van der Waals surface area contributed by atoms with Crippen molar-refractivity contribution in [3.63, 3.8) is 0 Å². The predicted molar refractivity (Wildman–Crippen MR) is 91.3 cm³/mol. The fourth-order valence-corrected chi connectivity index (χ4v) is 2.41. The summed E-state index contributed by atoms with van der Waals surface area (Å²) in [5.41, 5.74) is 0.826. The number of aromatic nitrogens is 1. The quantitative estimate of drug-likeness (QED) is 0.680. The highest BCUT2D eigenvalue weighted by Crippen LogP contribution is 2.22. The first-order valence-electron chi connectivity index (χ1n) is 7.37. The fraction of sp³-hybridized carbons (Fsp3) is 0.353. The highest BCUT2D eigenvalue weighted by Gasteiger charge is 2.03. The van der Waals surface area contributed by atoms with Gasteiger partial charge in [-0.2, -0.15) is 0 Å². The van der Waals surface area contributed by atoms with E-state index in [-0.39, 0.29) is 5.56 Å². The molecule has 0 fully saturated rings. The van der Waals surface area contributed by atoms with Crippen LogP contribution < -0.4 is 10.3 Å². The van der Waals surface area contributed by atoms with Crippen LogP contribution in [-0.2, 0) is 6.54 Å². The second kappa shape index (κ2) is 8.25. The van der Waals surface area contributed by atoms with Gasteiger partial charge in [-0.1, -0.05) is 49.0 Å².